The van der Waals surface area contributed by atoms with Crippen molar-refractivity contribution in [2.45, 2.75) is 44.8 Å². The highest BCUT2D eigenvalue weighted by Crippen LogP contribution is 2.18. The predicted octanol–water partition coefficient (Wildman–Crippen LogP) is 0.862. The van der Waals surface area contributed by atoms with E-state index in [4.69, 9.17) is 10.4 Å². The molecule has 0 saturated heterocycles. The zero-order valence-electron chi connectivity index (χ0n) is 8.81. The molecule has 0 fully saturated rings. The molecule has 0 spiro atoms. The van der Waals surface area contributed by atoms with E-state index in [0.717, 1.165) is 6.42 Å². The van der Waals surface area contributed by atoms with Gasteiger partial charge in [0.1, 0.15) is 0 Å². The fourth-order valence-corrected chi connectivity index (χ4v) is 1.32. The average molecular weight is 215 g/mol. The number of hydrogen-bond acceptors (Lipinski definition) is 4. The van der Waals surface area contributed by atoms with Crippen molar-refractivity contribution < 1.29 is 20.1 Å². The van der Waals surface area contributed by atoms with E-state index >= 15 is 0 Å². The highest BCUT2D eigenvalue weighted by molar-refractivity contribution is 5.67. The number of carbonyl (C=O) groups is 1. The van der Waals surface area contributed by atoms with E-state index in [1.54, 1.807) is 0 Å². The Hall–Kier alpha value is -1.12. The van der Waals surface area contributed by atoms with Crippen LogP contribution in [0.25, 0.3) is 0 Å². The van der Waals surface area contributed by atoms with Gasteiger partial charge in [-0.1, -0.05) is 6.92 Å². The molecule has 0 rings (SSSR count). The molecule has 0 radical (unpaired) electrons. The molecule has 0 aromatic carbocycles. The SMILES string of the molecule is CCC(C#N)CCCC(O)(O)CC(=O)O. The lowest BCUT2D eigenvalue weighted by Crippen LogP contribution is -2.31. The molecule has 86 valence electrons. The Labute approximate surface area is 89.0 Å². The molecule has 0 heterocycles. The predicted molar refractivity (Wildman–Crippen MR) is 52.7 cm³/mol. The van der Waals surface area contributed by atoms with Gasteiger partial charge in [-0.15, -0.1) is 0 Å². The summed E-state index contributed by atoms with van der Waals surface area (Å²) in [6.45, 7) is 1.89. The second-order valence-corrected chi connectivity index (χ2v) is 3.68. The van der Waals surface area contributed by atoms with Gasteiger partial charge in [0.25, 0.3) is 0 Å². The van der Waals surface area contributed by atoms with Crippen LogP contribution in [-0.2, 0) is 4.79 Å². The van der Waals surface area contributed by atoms with Crippen LogP contribution in [-0.4, -0.2) is 27.1 Å². The van der Waals surface area contributed by atoms with Gasteiger partial charge < -0.3 is 15.3 Å². The van der Waals surface area contributed by atoms with E-state index in [-0.39, 0.29) is 12.3 Å². The molecule has 0 saturated carbocycles. The minimum atomic E-state index is -2.15. The second-order valence-electron chi connectivity index (χ2n) is 3.68. The van der Waals surface area contributed by atoms with Crippen molar-refractivity contribution in [1.82, 2.24) is 0 Å². The first-order valence-corrected chi connectivity index (χ1v) is 4.97. The van der Waals surface area contributed by atoms with Crippen LogP contribution in [0.3, 0.4) is 0 Å². The number of nitriles is 1. The lowest BCUT2D eigenvalue weighted by Gasteiger charge is -2.19. The van der Waals surface area contributed by atoms with Crippen molar-refractivity contribution >= 4 is 5.97 Å². The summed E-state index contributed by atoms with van der Waals surface area (Å²) in [4.78, 5) is 10.3. The molecule has 0 aromatic rings. The third-order valence-corrected chi connectivity index (χ3v) is 2.24. The molecule has 15 heavy (non-hydrogen) atoms. The molecule has 0 aliphatic rings. The van der Waals surface area contributed by atoms with Crippen LogP contribution in [0.1, 0.15) is 39.0 Å². The molecule has 0 aliphatic carbocycles. The maximum Gasteiger partial charge on any atom is 0.308 e. The Kier molecular flexibility index (Phi) is 5.90. The van der Waals surface area contributed by atoms with Gasteiger partial charge in [-0.05, 0) is 19.3 Å². The smallest absolute Gasteiger partial charge is 0.308 e. The first-order valence-electron chi connectivity index (χ1n) is 4.97. The van der Waals surface area contributed by atoms with E-state index < -0.39 is 18.2 Å². The number of carboxylic acids is 1. The van der Waals surface area contributed by atoms with Crippen LogP contribution < -0.4 is 0 Å². The largest absolute Gasteiger partial charge is 0.481 e. The van der Waals surface area contributed by atoms with Crippen LogP contribution in [0.4, 0.5) is 0 Å². The monoisotopic (exact) mass is 215 g/mol. The minimum absolute atomic E-state index is 0.0164. The van der Waals surface area contributed by atoms with E-state index in [1.165, 1.54) is 0 Å². The van der Waals surface area contributed by atoms with Crippen molar-refractivity contribution in [3.05, 3.63) is 0 Å². The molecule has 5 heteroatoms. The lowest BCUT2D eigenvalue weighted by molar-refractivity contribution is -0.184. The van der Waals surface area contributed by atoms with E-state index in [9.17, 15) is 15.0 Å². The van der Waals surface area contributed by atoms with Crippen LogP contribution in [0.5, 0.6) is 0 Å². The van der Waals surface area contributed by atoms with Crippen LogP contribution >= 0.6 is 0 Å². The molecule has 0 aromatic heterocycles. The molecule has 0 amide bonds. The number of rotatable bonds is 7. The molecule has 0 aliphatic heterocycles. The van der Waals surface area contributed by atoms with Crippen molar-refractivity contribution in [2.75, 3.05) is 0 Å². The zero-order valence-corrected chi connectivity index (χ0v) is 8.81. The van der Waals surface area contributed by atoms with Crippen molar-refractivity contribution in [2.24, 2.45) is 5.92 Å². The average Bonchev–Trinajstić information content (AvgIpc) is 2.10. The van der Waals surface area contributed by atoms with Gasteiger partial charge in [-0.2, -0.15) is 5.26 Å². The van der Waals surface area contributed by atoms with Gasteiger partial charge in [0.15, 0.2) is 5.79 Å². The van der Waals surface area contributed by atoms with Crippen LogP contribution in [0.2, 0.25) is 0 Å². The highest BCUT2D eigenvalue weighted by atomic mass is 16.5. The van der Waals surface area contributed by atoms with Crippen molar-refractivity contribution in [1.29, 1.82) is 5.26 Å². The third kappa shape index (κ3) is 6.89. The number of aliphatic carboxylic acids is 1. The number of carboxylic acid groups (broad SMARTS) is 1. The second kappa shape index (κ2) is 6.38. The lowest BCUT2D eigenvalue weighted by atomic mass is 9.97. The van der Waals surface area contributed by atoms with Gasteiger partial charge in [-0.25, -0.2) is 0 Å². The highest BCUT2D eigenvalue weighted by Gasteiger charge is 2.26. The Bertz CT molecular complexity index is 244. The fraction of sp³-hybridized carbons (Fsp3) is 0.800. The van der Waals surface area contributed by atoms with Gasteiger partial charge >= 0.3 is 5.97 Å². The zero-order chi connectivity index (χ0) is 11.9. The summed E-state index contributed by atoms with van der Waals surface area (Å²) in [5, 5.41) is 35.5. The van der Waals surface area contributed by atoms with Crippen molar-refractivity contribution in [3.63, 3.8) is 0 Å². The first-order chi connectivity index (χ1) is 6.91. The summed E-state index contributed by atoms with van der Waals surface area (Å²) in [6, 6.07) is 2.10. The molecule has 5 nitrogen and oxygen atoms in total. The molecule has 1 unspecified atom stereocenters. The molecular weight excluding hydrogens is 198 g/mol. The first kappa shape index (κ1) is 13.9. The van der Waals surface area contributed by atoms with E-state index in [2.05, 4.69) is 6.07 Å². The molecule has 0 bridgehead atoms. The van der Waals surface area contributed by atoms with Gasteiger partial charge in [0.2, 0.25) is 0 Å². The molecule has 1 atom stereocenters. The summed E-state index contributed by atoms with van der Waals surface area (Å²) < 4.78 is 0. The summed E-state index contributed by atoms with van der Waals surface area (Å²) in [6.07, 6.45) is 1.02. The fourth-order valence-electron chi connectivity index (χ4n) is 1.32. The Balaban J connectivity index is 3.84. The number of nitrogens with zero attached hydrogens (tertiary/aromatic N) is 1. The Morgan fingerprint density at radius 1 is 1.53 bits per heavy atom. The topological polar surface area (TPSA) is 102 Å². The Morgan fingerprint density at radius 2 is 2.13 bits per heavy atom. The van der Waals surface area contributed by atoms with Gasteiger partial charge in [0.05, 0.1) is 12.5 Å². The van der Waals surface area contributed by atoms with E-state index in [1.807, 2.05) is 6.92 Å². The van der Waals surface area contributed by atoms with Gasteiger partial charge in [-0.3, -0.25) is 4.79 Å². The molecule has 3 N–H and O–H groups in total. The maximum atomic E-state index is 10.3. The standard InChI is InChI=1S/C10H17NO4/c1-2-8(7-11)4-3-5-10(14,15)6-9(12)13/h8,14-15H,2-6H2,1H3,(H,12,13). The Morgan fingerprint density at radius 3 is 2.53 bits per heavy atom. The van der Waals surface area contributed by atoms with Crippen LogP contribution in [0.15, 0.2) is 0 Å². The summed E-state index contributed by atoms with van der Waals surface area (Å²) in [7, 11) is 0. The van der Waals surface area contributed by atoms with Crippen molar-refractivity contribution in [3.8, 4) is 6.07 Å². The molecular formula is C10H17NO4. The quantitative estimate of drug-likeness (QED) is 0.547. The maximum absolute atomic E-state index is 10.3. The minimum Gasteiger partial charge on any atom is -0.481 e. The van der Waals surface area contributed by atoms with E-state index in [0.29, 0.717) is 12.8 Å². The van der Waals surface area contributed by atoms with Crippen LogP contribution in [0, 0.1) is 17.2 Å². The summed E-state index contributed by atoms with van der Waals surface area (Å²) in [5.41, 5.74) is 0. The summed E-state index contributed by atoms with van der Waals surface area (Å²) >= 11 is 0. The number of hydrogen-bond donors (Lipinski definition) is 3. The number of aliphatic hydroxyl groups is 2. The summed E-state index contributed by atoms with van der Waals surface area (Å²) in [5.74, 6) is -3.49. The normalized spacial score (nSPS) is 13.2. The van der Waals surface area contributed by atoms with Gasteiger partial charge in [0, 0.05) is 12.3 Å². The third-order valence-electron chi connectivity index (χ3n) is 2.24.